The zero-order valence-electron chi connectivity index (χ0n) is 12.7. The number of nitrogens with zero attached hydrogens (tertiary/aromatic N) is 5. The lowest BCUT2D eigenvalue weighted by Gasteiger charge is -2.35. The number of piperazine rings is 1. The molecule has 0 bridgehead atoms. The van der Waals surface area contributed by atoms with E-state index < -0.39 is 13.0 Å². The number of hydrogen-bond acceptors (Lipinski definition) is 3. The molecule has 0 aliphatic carbocycles. The van der Waals surface area contributed by atoms with Crippen LogP contribution in [0.5, 0.6) is 0 Å². The van der Waals surface area contributed by atoms with Crippen molar-refractivity contribution in [2.45, 2.75) is 13.3 Å². The number of anilines is 1. The zero-order valence-corrected chi connectivity index (χ0v) is 12.7. The third-order valence-corrected chi connectivity index (χ3v) is 3.24. The Balaban J connectivity index is 2.04. The average Bonchev–Trinajstić information content (AvgIpc) is 2.89. The number of nitrogens with one attached hydrogen (secondary N) is 1. The van der Waals surface area contributed by atoms with Crippen molar-refractivity contribution in [2.75, 3.05) is 37.6 Å². The number of rotatable bonds is 4. The lowest BCUT2D eigenvalue weighted by atomic mass is 10.3. The number of halogens is 2. The highest BCUT2D eigenvalue weighted by Crippen LogP contribution is 2.16. The first kappa shape index (κ1) is 16.2. The molecule has 1 aliphatic rings. The number of carbonyl (C=O) groups excluding carboxylic acids is 1. The molecule has 1 N–H and O–H groups in total. The van der Waals surface area contributed by atoms with Crippen molar-refractivity contribution in [1.29, 1.82) is 0 Å². The molecule has 1 aromatic rings. The summed E-state index contributed by atoms with van der Waals surface area (Å²) in [5.41, 5.74) is 0.738. The van der Waals surface area contributed by atoms with E-state index >= 15 is 0 Å². The van der Waals surface area contributed by atoms with Crippen molar-refractivity contribution in [2.24, 2.45) is 12.0 Å². The number of guanidine groups is 1. The first-order valence-electron chi connectivity index (χ1n) is 7.11. The number of aryl methyl sites for hydroxylation is 1. The lowest BCUT2D eigenvalue weighted by molar-refractivity contribution is -0.120. The second kappa shape index (κ2) is 7.19. The smallest absolute Gasteiger partial charge is 0.257 e. The number of aromatic nitrogens is 2. The van der Waals surface area contributed by atoms with Crippen LogP contribution in [0, 0.1) is 0 Å². The predicted octanol–water partition coefficient (Wildman–Crippen LogP) is 0.299. The van der Waals surface area contributed by atoms with Gasteiger partial charge in [-0.05, 0) is 6.92 Å². The molecule has 0 radical (unpaired) electrons. The van der Waals surface area contributed by atoms with Crippen LogP contribution in [-0.2, 0) is 11.8 Å². The molecule has 1 fully saturated rings. The van der Waals surface area contributed by atoms with Crippen LogP contribution in [0.4, 0.5) is 14.5 Å². The maximum Gasteiger partial charge on any atom is 0.257 e. The highest BCUT2D eigenvalue weighted by molar-refractivity contribution is 5.98. The second-order valence-corrected chi connectivity index (χ2v) is 4.92. The molecule has 0 spiro atoms. The topological polar surface area (TPSA) is 65.8 Å². The van der Waals surface area contributed by atoms with Crippen LogP contribution < -0.4 is 10.2 Å². The van der Waals surface area contributed by atoms with Gasteiger partial charge in [-0.15, -0.1) is 0 Å². The molecule has 1 amide bonds. The Morgan fingerprint density at radius 2 is 2.27 bits per heavy atom. The monoisotopic (exact) mass is 314 g/mol. The Labute approximate surface area is 127 Å². The van der Waals surface area contributed by atoms with Gasteiger partial charge in [0.05, 0.1) is 11.9 Å². The van der Waals surface area contributed by atoms with Crippen molar-refractivity contribution in [3.8, 4) is 0 Å². The van der Waals surface area contributed by atoms with Gasteiger partial charge in [-0.3, -0.25) is 9.48 Å². The van der Waals surface area contributed by atoms with Crippen LogP contribution in [-0.4, -0.2) is 65.7 Å². The number of hydrogen-bond donors (Lipinski definition) is 1. The maximum atomic E-state index is 12.3. The Hall–Kier alpha value is -2.19. The van der Waals surface area contributed by atoms with Crippen LogP contribution in [0.1, 0.15) is 6.92 Å². The number of aliphatic imine (C=N–C) groups is 1. The second-order valence-electron chi connectivity index (χ2n) is 4.92. The zero-order chi connectivity index (χ0) is 16.1. The first-order chi connectivity index (χ1) is 10.5. The molecule has 2 rings (SSSR count). The van der Waals surface area contributed by atoms with E-state index in [0.717, 1.165) is 5.69 Å². The van der Waals surface area contributed by atoms with Gasteiger partial charge in [0, 0.05) is 32.9 Å². The fourth-order valence-corrected chi connectivity index (χ4v) is 2.26. The van der Waals surface area contributed by atoms with Gasteiger partial charge < -0.3 is 15.1 Å². The van der Waals surface area contributed by atoms with Crippen molar-refractivity contribution >= 4 is 17.6 Å². The first-order valence-corrected chi connectivity index (χ1v) is 7.11. The summed E-state index contributed by atoms with van der Waals surface area (Å²) in [6.07, 6.45) is 0.897. The van der Waals surface area contributed by atoms with Gasteiger partial charge in [0.25, 0.3) is 6.43 Å². The summed E-state index contributed by atoms with van der Waals surface area (Å²) in [5.74, 6) is 0.240. The van der Waals surface area contributed by atoms with E-state index in [4.69, 9.17) is 0 Å². The van der Waals surface area contributed by atoms with E-state index in [1.165, 1.54) is 0 Å². The highest BCUT2D eigenvalue weighted by atomic mass is 19.3. The Morgan fingerprint density at radius 3 is 2.82 bits per heavy atom. The van der Waals surface area contributed by atoms with Crippen molar-refractivity contribution in [3.05, 3.63) is 12.4 Å². The van der Waals surface area contributed by atoms with Gasteiger partial charge in [-0.1, -0.05) is 0 Å². The normalized spacial score (nSPS) is 16.6. The van der Waals surface area contributed by atoms with Gasteiger partial charge in [-0.25, -0.2) is 13.8 Å². The van der Waals surface area contributed by atoms with E-state index in [1.807, 2.05) is 6.92 Å². The predicted molar refractivity (Wildman–Crippen MR) is 79.1 cm³/mol. The molecule has 0 aromatic carbocycles. The van der Waals surface area contributed by atoms with Crippen LogP contribution >= 0.6 is 0 Å². The summed E-state index contributed by atoms with van der Waals surface area (Å²) < 4.78 is 26.3. The molecule has 22 heavy (non-hydrogen) atoms. The molecular formula is C13H20F2N6O. The van der Waals surface area contributed by atoms with Crippen LogP contribution in [0.25, 0.3) is 0 Å². The molecule has 0 unspecified atom stereocenters. The van der Waals surface area contributed by atoms with Crippen molar-refractivity contribution < 1.29 is 13.6 Å². The Morgan fingerprint density at radius 1 is 1.50 bits per heavy atom. The summed E-state index contributed by atoms with van der Waals surface area (Å²) in [7, 11) is 1.78. The van der Waals surface area contributed by atoms with E-state index in [-0.39, 0.29) is 12.5 Å². The summed E-state index contributed by atoms with van der Waals surface area (Å²) in [6, 6.07) is 0. The van der Waals surface area contributed by atoms with E-state index in [9.17, 15) is 13.6 Å². The van der Waals surface area contributed by atoms with Gasteiger partial charge >= 0.3 is 0 Å². The molecule has 2 heterocycles. The molecule has 122 valence electrons. The van der Waals surface area contributed by atoms with Crippen LogP contribution in [0.2, 0.25) is 0 Å². The standard InChI is InChI=1S/C13H20F2N6O/c1-3-16-13(17-7-11(14)15)20-4-5-21(12(22)9-20)10-6-18-19(2)8-10/h6,8,11H,3-5,7,9H2,1-2H3,(H,16,17). The van der Waals surface area contributed by atoms with E-state index in [0.29, 0.717) is 25.6 Å². The number of carbonyl (C=O) groups is 1. The fraction of sp³-hybridized carbons (Fsp3) is 0.615. The molecule has 1 aliphatic heterocycles. The van der Waals surface area contributed by atoms with Gasteiger partial charge in [-0.2, -0.15) is 5.10 Å². The molecule has 0 atom stereocenters. The molecule has 1 aromatic heterocycles. The minimum atomic E-state index is -2.50. The Kier molecular flexibility index (Phi) is 5.29. The summed E-state index contributed by atoms with van der Waals surface area (Å²) in [4.78, 5) is 19.5. The lowest BCUT2D eigenvalue weighted by Crippen LogP contribution is -2.55. The van der Waals surface area contributed by atoms with Gasteiger partial charge in [0.15, 0.2) is 5.96 Å². The summed E-state index contributed by atoms with van der Waals surface area (Å²) in [6.45, 7) is 2.92. The highest BCUT2D eigenvalue weighted by Gasteiger charge is 2.27. The third-order valence-electron chi connectivity index (χ3n) is 3.24. The molecular weight excluding hydrogens is 294 g/mol. The summed E-state index contributed by atoms with van der Waals surface area (Å²) >= 11 is 0. The molecule has 7 nitrogen and oxygen atoms in total. The van der Waals surface area contributed by atoms with E-state index in [1.54, 1.807) is 33.9 Å². The quantitative estimate of drug-likeness (QED) is 0.641. The van der Waals surface area contributed by atoms with Gasteiger partial charge in [0.2, 0.25) is 5.91 Å². The average molecular weight is 314 g/mol. The minimum Gasteiger partial charge on any atom is -0.356 e. The SMILES string of the molecule is CCNC(=NCC(F)F)N1CCN(c2cnn(C)c2)C(=O)C1. The minimum absolute atomic E-state index is 0.101. The number of amides is 1. The molecule has 1 saturated heterocycles. The van der Waals surface area contributed by atoms with Gasteiger partial charge in [0.1, 0.15) is 13.1 Å². The fourth-order valence-electron chi connectivity index (χ4n) is 2.26. The van der Waals surface area contributed by atoms with Crippen molar-refractivity contribution in [3.63, 3.8) is 0 Å². The maximum absolute atomic E-state index is 12.3. The number of alkyl halides is 2. The Bertz CT molecular complexity index is 544. The van der Waals surface area contributed by atoms with Crippen LogP contribution in [0.3, 0.4) is 0 Å². The largest absolute Gasteiger partial charge is 0.356 e. The molecule has 9 heteroatoms. The van der Waals surface area contributed by atoms with Crippen LogP contribution in [0.15, 0.2) is 17.4 Å². The van der Waals surface area contributed by atoms with E-state index in [2.05, 4.69) is 15.4 Å². The molecule has 0 saturated carbocycles. The van der Waals surface area contributed by atoms with Crippen molar-refractivity contribution in [1.82, 2.24) is 20.0 Å². The summed E-state index contributed by atoms with van der Waals surface area (Å²) in [5, 5.41) is 6.99. The third kappa shape index (κ3) is 3.92.